The molecule has 0 saturated carbocycles. The second-order valence-corrected chi connectivity index (χ2v) is 2.65. The fourth-order valence-electron chi connectivity index (χ4n) is 1.01. The minimum atomic E-state index is -0.133. The monoisotopic (exact) mass is 181 g/mol. The second-order valence-electron chi connectivity index (χ2n) is 2.65. The summed E-state index contributed by atoms with van der Waals surface area (Å²) in [5.74, 6) is -0.133. The Morgan fingerprint density at radius 1 is 1.69 bits per heavy atom. The standard InChI is InChI=1S/C9H13N2O2/c1-2-13-9(12)4-3-6-11-7-5-10-8-11/h7-8H,2-4,6H2,1H3. The van der Waals surface area contributed by atoms with Gasteiger partial charge in [-0.15, -0.1) is 0 Å². The number of aromatic nitrogens is 2. The van der Waals surface area contributed by atoms with E-state index in [-0.39, 0.29) is 5.97 Å². The summed E-state index contributed by atoms with van der Waals surface area (Å²) in [4.78, 5) is 14.7. The molecule has 0 amide bonds. The van der Waals surface area contributed by atoms with Gasteiger partial charge in [0, 0.05) is 19.2 Å². The maximum atomic E-state index is 10.9. The summed E-state index contributed by atoms with van der Waals surface area (Å²) in [5, 5.41) is 0. The van der Waals surface area contributed by atoms with Crippen molar-refractivity contribution in [3.05, 3.63) is 18.7 Å². The highest BCUT2D eigenvalue weighted by Crippen LogP contribution is 1.96. The van der Waals surface area contributed by atoms with E-state index in [9.17, 15) is 4.79 Å². The van der Waals surface area contributed by atoms with Crippen LogP contribution < -0.4 is 0 Å². The summed E-state index contributed by atoms with van der Waals surface area (Å²) in [6, 6.07) is 0. The number of carbonyl (C=O) groups is 1. The van der Waals surface area contributed by atoms with Crippen molar-refractivity contribution in [3.8, 4) is 0 Å². The van der Waals surface area contributed by atoms with Crippen LogP contribution in [-0.4, -0.2) is 22.1 Å². The van der Waals surface area contributed by atoms with E-state index in [1.165, 1.54) is 0 Å². The predicted octanol–water partition coefficient (Wildman–Crippen LogP) is 1.03. The third-order valence-corrected chi connectivity index (χ3v) is 1.61. The summed E-state index contributed by atoms with van der Waals surface area (Å²) < 4.78 is 6.68. The zero-order valence-electron chi connectivity index (χ0n) is 7.69. The molecule has 0 fully saturated rings. The number of hydrogen-bond donors (Lipinski definition) is 0. The summed E-state index contributed by atoms with van der Waals surface area (Å²) in [6.45, 7) is 3.05. The van der Waals surface area contributed by atoms with Crippen LogP contribution >= 0.6 is 0 Å². The van der Waals surface area contributed by atoms with Crippen molar-refractivity contribution in [1.29, 1.82) is 0 Å². The number of rotatable bonds is 5. The van der Waals surface area contributed by atoms with Gasteiger partial charge < -0.3 is 9.30 Å². The zero-order valence-corrected chi connectivity index (χ0v) is 7.69. The van der Waals surface area contributed by atoms with E-state index in [1.807, 2.05) is 11.5 Å². The molecule has 0 aromatic carbocycles. The number of hydrogen-bond acceptors (Lipinski definition) is 3. The van der Waals surface area contributed by atoms with Crippen LogP contribution in [0.3, 0.4) is 0 Å². The molecule has 1 radical (unpaired) electrons. The molecule has 4 heteroatoms. The highest BCUT2D eigenvalue weighted by molar-refractivity contribution is 5.69. The van der Waals surface area contributed by atoms with Crippen molar-refractivity contribution in [1.82, 2.24) is 9.55 Å². The van der Waals surface area contributed by atoms with Crippen molar-refractivity contribution in [2.45, 2.75) is 26.3 Å². The van der Waals surface area contributed by atoms with Gasteiger partial charge in [0.25, 0.3) is 0 Å². The zero-order chi connectivity index (χ0) is 9.52. The lowest BCUT2D eigenvalue weighted by atomic mass is 10.3. The van der Waals surface area contributed by atoms with E-state index in [4.69, 9.17) is 4.74 Å². The van der Waals surface area contributed by atoms with Crippen LogP contribution in [0.5, 0.6) is 0 Å². The van der Waals surface area contributed by atoms with Crippen LogP contribution in [0, 0.1) is 6.20 Å². The maximum absolute atomic E-state index is 10.9. The highest BCUT2D eigenvalue weighted by atomic mass is 16.5. The Bertz CT molecular complexity index is 244. The number of carbonyl (C=O) groups excluding carboxylic acids is 1. The van der Waals surface area contributed by atoms with Crippen molar-refractivity contribution < 1.29 is 9.53 Å². The van der Waals surface area contributed by atoms with Gasteiger partial charge in [-0.3, -0.25) is 4.79 Å². The lowest BCUT2D eigenvalue weighted by Gasteiger charge is -2.01. The largest absolute Gasteiger partial charge is 0.466 e. The molecule has 1 rings (SSSR count). The number of aryl methyl sites for hydroxylation is 1. The first-order valence-corrected chi connectivity index (χ1v) is 4.36. The van der Waals surface area contributed by atoms with Crippen LogP contribution in [0.15, 0.2) is 12.5 Å². The summed E-state index contributed by atoms with van der Waals surface area (Å²) in [6.07, 6.45) is 7.38. The van der Waals surface area contributed by atoms with Crippen LogP contribution in [0.4, 0.5) is 0 Å². The van der Waals surface area contributed by atoms with Gasteiger partial charge in [0.2, 0.25) is 0 Å². The first kappa shape index (κ1) is 9.77. The molecule has 71 valence electrons. The van der Waals surface area contributed by atoms with E-state index < -0.39 is 0 Å². The van der Waals surface area contributed by atoms with Gasteiger partial charge in [0.05, 0.1) is 12.9 Å². The van der Waals surface area contributed by atoms with Crippen LogP contribution in [0.25, 0.3) is 0 Å². The minimum Gasteiger partial charge on any atom is -0.466 e. The van der Waals surface area contributed by atoms with Crippen molar-refractivity contribution >= 4 is 5.97 Å². The van der Waals surface area contributed by atoms with E-state index >= 15 is 0 Å². The average molecular weight is 181 g/mol. The van der Waals surface area contributed by atoms with Gasteiger partial charge in [-0.05, 0) is 13.3 Å². The molecule has 1 heterocycles. The molecule has 0 unspecified atom stereocenters. The molecular weight excluding hydrogens is 168 g/mol. The molecule has 0 saturated heterocycles. The number of ether oxygens (including phenoxy) is 1. The lowest BCUT2D eigenvalue weighted by molar-refractivity contribution is -0.143. The normalized spacial score (nSPS) is 9.92. The third kappa shape index (κ3) is 3.73. The van der Waals surface area contributed by atoms with E-state index in [0.717, 1.165) is 13.0 Å². The Morgan fingerprint density at radius 3 is 3.15 bits per heavy atom. The molecule has 0 aliphatic heterocycles. The van der Waals surface area contributed by atoms with Gasteiger partial charge >= 0.3 is 5.97 Å². The summed E-state index contributed by atoms with van der Waals surface area (Å²) >= 11 is 0. The topological polar surface area (TPSA) is 44.1 Å². The van der Waals surface area contributed by atoms with E-state index in [0.29, 0.717) is 13.0 Å². The lowest BCUT2D eigenvalue weighted by Crippen LogP contribution is -2.05. The molecule has 13 heavy (non-hydrogen) atoms. The number of nitrogens with zero attached hydrogens (tertiary/aromatic N) is 2. The average Bonchev–Trinajstić information content (AvgIpc) is 2.57. The van der Waals surface area contributed by atoms with E-state index in [1.54, 1.807) is 12.5 Å². The van der Waals surface area contributed by atoms with Crippen LogP contribution in [-0.2, 0) is 16.1 Å². The Morgan fingerprint density at radius 2 is 2.54 bits per heavy atom. The third-order valence-electron chi connectivity index (χ3n) is 1.61. The molecule has 0 atom stereocenters. The Hall–Kier alpha value is -1.32. The molecular formula is C9H13N2O2. The fourth-order valence-corrected chi connectivity index (χ4v) is 1.01. The molecule has 0 spiro atoms. The number of esters is 1. The van der Waals surface area contributed by atoms with Gasteiger partial charge in [-0.2, -0.15) is 0 Å². The second kappa shape index (κ2) is 5.35. The Kier molecular flexibility index (Phi) is 4.02. The van der Waals surface area contributed by atoms with Gasteiger partial charge in [-0.1, -0.05) is 0 Å². The SMILES string of the molecule is CCOC(=O)CCCn1c[c]nc1. The maximum Gasteiger partial charge on any atom is 0.305 e. The molecule has 0 bridgehead atoms. The van der Waals surface area contributed by atoms with Crippen molar-refractivity contribution in [2.75, 3.05) is 6.61 Å². The van der Waals surface area contributed by atoms with Gasteiger partial charge in [0.15, 0.2) is 0 Å². The highest BCUT2D eigenvalue weighted by Gasteiger charge is 2.00. The van der Waals surface area contributed by atoms with Crippen LogP contribution in [0.2, 0.25) is 0 Å². The van der Waals surface area contributed by atoms with Crippen molar-refractivity contribution in [3.63, 3.8) is 0 Å². The first-order valence-electron chi connectivity index (χ1n) is 4.36. The quantitative estimate of drug-likeness (QED) is 0.637. The summed E-state index contributed by atoms with van der Waals surface area (Å²) in [5.41, 5.74) is 0. The minimum absolute atomic E-state index is 0.133. The first-order chi connectivity index (χ1) is 6.33. The molecule has 0 aliphatic carbocycles. The molecule has 4 nitrogen and oxygen atoms in total. The number of imidazole rings is 1. The molecule has 1 aromatic heterocycles. The molecule has 0 N–H and O–H groups in total. The predicted molar refractivity (Wildman–Crippen MR) is 46.9 cm³/mol. The molecule has 0 aliphatic rings. The Balaban J connectivity index is 2.11. The summed E-state index contributed by atoms with van der Waals surface area (Å²) in [7, 11) is 0. The fraction of sp³-hybridized carbons (Fsp3) is 0.556. The van der Waals surface area contributed by atoms with E-state index in [2.05, 4.69) is 11.2 Å². The van der Waals surface area contributed by atoms with Gasteiger partial charge in [0.1, 0.15) is 6.20 Å². The molecule has 1 aromatic rings. The van der Waals surface area contributed by atoms with Crippen LogP contribution in [0.1, 0.15) is 19.8 Å². The van der Waals surface area contributed by atoms with Gasteiger partial charge in [-0.25, -0.2) is 4.98 Å². The Labute approximate surface area is 77.5 Å². The smallest absolute Gasteiger partial charge is 0.305 e. The van der Waals surface area contributed by atoms with Crippen molar-refractivity contribution in [2.24, 2.45) is 0 Å².